The molecule has 2 aliphatic heterocycles. The van der Waals surface area contributed by atoms with E-state index in [2.05, 4.69) is 41.9 Å². The monoisotopic (exact) mass is 486 g/mol. The van der Waals surface area contributed by atoms with E-state index in [-0.39, 0.29) is 11.0 Å². The molecule has 2 aromatic rings. The molecule has 5 nitrogen and oxygen atoms in total. The van der Waals surface area contributed by atoms with Gasteiger partial charge >= 0.3 is 0 Å². The van der Waals surface area contributed by atoms with Crippen LogP contribution in [0.2, 0.25) is 0 Å². The van der Waals surface area contributed by atoms with Crippen LogP contribution in [0, 0.1) is 5.92 Å². The van der Waals surface area contributed by atoms with E-state index in [0.29, 0.717) is 11.6 Å². The van der Waals surface area contributed by atoms with Crippen molar-refractivity contribution in [3.8, 4) is 0 Å². The largest absolute Gasteiger partial charge is 0.384 e. The van der Waals surface area contributed by atoms with Gasteiger partial charge in [-0.25, -0.2) is 8.42 Å². The summed E-state index contributed by atoms with van der Waals surface area (Å²) in [6, 6.07) is 10.4. The van der Waals surface area contributed by atoms with Crippen molar-refractivity contribution in [3.05, 3.63) is 50.9 Å². The first-order valence-electron chi connectivity index (χ1n) is 7.91. The average Bonchev–Trinajstić information content (AvgIpc) is 3.06. The van der Waals surface area contributed by atoms with Gasteiger partial charge in [0.1, 0.15) is 0 Å². The lowest BCUT2D eigenvalue weighted by Crippen LogP contribution is -2.25. The predicted molar refractivity (Wildman–Crippen MR) is 104 cm³/mol. The molecule has 1 fully saturated rings. The van der Waals surface area contributed by atoms with Crippen molar-refractivity contribution >= 4 is 53.3 Å². The first-order valence-corrected chi connectivity index (χ1v) is 11.0. The zero-order valence-corrected chi connectivity index (χ0v) is 17.1. The summed E-state index contributed by atoms with van der Waals surface area (Å²) in [4.78, 5) is 0.239. The van der Waals surface area contributed by atoms with Crippen molar-refractivity contribution in [1.29, 1.82) is 0 Å². The second kappa shape index (κ2) is 6.57. The lowest BCUT2D eigenvalue weighted by Gasteiger charge is -2.28. The van der Waals surface area contributed by atoms with Gasteiger partial charge < -0.3 is 10.1 Å². The van der Waals surface area contributed by atoms with E-state index in [0.717, 1.165) is 39.8 Å². The molecule has 0 aromatic heterocycles. The molecule has 132 valence electrons. The van der Waals surface area contributed by atoms with Crippen LogP contribution in [0.5, 0.6) is 0 Å². The molecule has 2 aliphatic rings. The van der Waals surface area contributed by atoms with E-state index in [1.165, 1.54) is 0 Å². The minimum absolute atomic E-state index is 0.0202. The summed E-state index contributed by atoms with van der Waals surface area (Å²) in [5.41, 5.74) is 2.38. The van der Waals surface area contributed by atoms with Gasteiger partial charge in [0.25, 0.3) is 10.0 Å². The molecule has 0 spiro atoms. The fourth-order valence-corrected chi connectivity index (χ4v) is 5.02. The van der Waals surface area contributed by atoms with E-state index in [1.54, 1.807) is 30.3 Å². The Bertz CT molecular complexity index is 933. The number of hydrogen-bond acceptors (Lipinski definition) is 4. The smallest absolute Gasteiger partial charge is 0.261 e. The SMILES string of the molecule is O=S(=O)(Nc1ccc(Br)c(Br)c1)c1ccc2c(c1)C1OCCC1CN2. The van der Waals surface area contributed by atoms with Crippen molar-refractivity contribution in [1.82, 2.24) is 0 Å². The molecule has 4 rings (SSSR count). The Balaban J connectivity index is 1.66. The van der Waals surface area contributed by atoms with Crippen LogP contribution in [-0.2, 0) is 14.8 Å². The van der Waals surface area contributed by atoms with Crippen molar-refractivity contribution in [3.63, 3.8) is 0 Å². The third-order valence-electron chi connectivity index (χ3n) is 4.58. The highest BCUT2D eigenvalue weighted by molar-refractivity contribution is 9.13. The molecular weight excluding hydrogens is 472 g/mol. The predicted octanol–water partition coefficient (Wildman–Crippen LogP) is 4.52. The number of benzene rings is 2. The van der Waals surface area contributed by atoms with Crippen LogP contribution in [0.3, 0.4) is 0 Å². The topological polar surface area (TPSA) is 67.4 Å². The third kappa shape index (κ3) is 3.32. The zero-order chi connectivity index (χ0) is 17.6. The molecule has 1 saturated heterocycles. The van der Waals surface area contributed by atoms with Gasteiger partial charge in [0, 0.05) is 39.3 Å². The second-order valence-electron chi connectivity index (χ2n) is 6.20. The highest BCUT2D eigenvalue weighted by Crippen LogP contribution is 2.42. The Kier molecular flexibility index (Phi) is 4.56. The van der Waals surface area contributed by atoms with Gasteiger partial charge in [0.2, 0.25) is 0 Å². The number of halogens is 2. The maximum Gasteiger partial charge on any atom is 0.261 e. The van der Waals surface area contributed by atoms with Crippen LogP contribution < -0.4 is 10.0 Å². The van der Waals surface area contributed by atoms with Crippen molar-refractivity contribution < 1.29 is 13.2 Å². The van der Waals surface area contributed by atoms with Crippen LogP contribution in [0.25, 0.3) is 0 Å². The van der Waals surface area contributed by atoms with Crippen LogP contribution in [0.1, 0.15) is 18.1 Å². The van der Waals surface area contributed by atoms with Gasteiger partial charge in [-0.3, -0.25) is 4.72 Å². The van der Waals surface area contributed by atoms with Crippen LogP contribution in [-0.4, -0.2) is 21.6 Å². The molecule has 0 radical (unpaired) electrons. The lowest BCUT2D eigenvalue weighted by atomic mass is 9.91. The molecule has 2 atom stereocenters. The molecule has 0 bridgehead atoms. The van der Waals surface area contributed by atoms with Gasteiger partial charge in [-0.15, -0.1) is 0 Å². The Morgan fingerprint density at radius 1 is 1.12 bits per heavy atom. The quantitative estimate of drug-likeness (QED) is 0.668. The van der Waals surface area contributed by atoms with Crippen LogP contribution in [0.4, 0.5) is 11.4 Å². The molecular formula is C17H16Br2N2O3S. The second-order valence-corrected chi connectivity index (χ2v) is 9.60. The van der Waals surface area contributed by atoms with Crippen LogP contribution >= 0.6 is 31.9 Å². The highest BCUT2D eigenvalue weighted by atomic mass is 79.9. The Labute approximate surface area is 163 Å². The van der Waals surface area contributed by atoms with Crippen LogP contribution in [0.15, 0.2) is 50.2 Å². The van der Waals surface area contributed by atoms with E-state index in [4.69, 9.17) is 4.74 Å². The first kappa shape index (κ1) is 17.3. The number of hydrogen-bond donors (Lipinski definition) is 2. The fraction of sp³-hybridized carbons (Fsp3) is 0.294. The average molecular weight is 488 g/mol. The normalized spacial score (nSPS) is 22.0. The summed E-state index contributed by atoms with van der Waals surface area (Å²) in [6.45, 7) is 1.59. The molecule has 8 heteroatoms. The van der Waals surface area contributed by atoms with E-state index in [9.17, 15) is 8.42 Å². The molecule has 2 unspecified atom stereocenters. The van der Waals surface area contributed by atoms with Gasteiger partial charge in [-0.05, 0) is 74.7 Å². The standard InChI is InChI=1S/C17H16Br2N2O3S/c18-14-3-1-11(7-15(14)19)21-25(22,23)12-2-4-16-13(8-12)17-10(9-20-16)5-6-24-17/h1-4,7-8,10,17,20-21H,5-6,9H2. The van der Waals surface area contributed by atoms with Crippen molar-refractivity contribution in [2.24, 2.45) is 5.92 Å². The summed E-state index contributed by atoms with van der Waals surface area (Å²) in [5, 5.41) is 3.37. The summed E-state index contributed by atoms with van der Waals surface area (Å²) in [5.74, 6) is 0.404. The molecule has 0 aliphatic carbocycles. The number of nitrogens with one attached hydrogen (secondary N) is 2. The summed E-state index contributed by atoms with van der Waals surface area (Å²) < 4.78 is 35.7. The van der Waals surface area contributed by atoms with Gasteiger partial charge in [0.05, 0.1) is 16.7 Å². The third-order valence-corrected chi connectivity index (χ3v) is 7.84. The molecule has 25 heavy (non-hydrogen) atoms. The zero-order valence-electron chi connectivity index (χ0n) is 13.1. The van der Waals surface area contributed by atoms with Crippen molar-refractivity contribution in [2.75, 3.05) is 23.2 Å². The Morgan fingerprint density at radius 2 is 1.96 bits per heavy atom. The summed E-state index contributed by atoms with van der Waals surface area (Å²) in [6.07, 6.45) is 0.979. The molecule has 0 saturated carbocycles. The first-order chi connectivity index (χ1) is 11.9. The molecule has 2 aromatic carbocycles. The maximum absolute atomic E-state index is 12.8. The maximum atomic E-state index is 12.8. The van der Waals surface area contributed by atoms with E-state index < -0.39 is 10.0 Å². The Morgan fingerprint density at radius 3 is 2.76 bits per heavy atom. The minimum Gasteiger partial charge on any atom is -0.384 e. The Hall–Kier alpha value is -1.09. The van der Waals surface area contributed by atoms with Crippen molar-refractivity contribution in [2.45, 2.75) is 17.4 Å². The molecule has 2 heterocycles. The lowest BCUT2D eigenvalue weighted by molar-refractivity contribution is 0.0911. The minimum atomic E-state index is -3.67. The van der Waals surface area contributed by atoms with Gasteiger partial charge in [-0.1, -0.05) is 0 Å². The number of anilines is 2. The van der Waals surface area contributed by atoms with E-state index in [1.807, 2.05) is 6.07 Å². The number of fused-ring (bicyclic) bond motifs is 3. The van der Waals surface area contributed by atoms with E-state index >= 15 is 0 Å². The number of rotatable bonds is 3. The molecule has 0 amide bonds. The fourth-order valence-electron chi connectivity index (χ4n) is 3.31. The molecule has 2 N–H and O–H groups in total. The summed E-state index contributed by atoms with van der Waals surface area (Å²) in [7, 11) is -3.67. The van der Waals surface area contributed by atoms with Gasteiger partial charge in [0.15, 0.2) is 0 Å². The highest BCUT2D eigenvalue weighted by Gasteiger charge is 2.35. The van der Waals surface area contributed by atoms with Gasteiger partial charge in [-0.2, -0.15) is 0 Å². The number of sulfonamides is 1. The summed E-state index contributed by atoms with van der Waals surface area (Å²) >= 11 is 6.76. The number of ether oxygens (including phenoxy) is 1.